The number of aromatic nitrogens is 1. The topological polar surface area (TPSA) is 71.2 Å². The minimum Gasteiger partial charge on any atom is -0.358 e. The predicted octanol–water partition coefficient (Wildman–Crippen LogP) is 1.55. The highest BCUT2D eigenvalue weighted by molar-refractivity contribution is 5.81. The third-order valence-corrected chi connectivity index (χ3v) is 3.26. The Morgan fingerprint density at radius 1 is 1.18 bits per heavy atom. The SMILES string of the molecule is NCCCNC(=O)CN(Cc1cccnc1)c1ccccc1. The number of hydrogen-bond donors (Lipinski definition) is 2. The molecule has 0 saturated heterocycles. The Labute approximate surface area is 131 Å². The molecule has 0 radical (unpaired) electrons. The average Bonchev–Trinajstić information content (AvgIpc) is 2.56. The van der Waals surface area contributed by atoms with E-state index < -0.39 is 0 Å². The lowest BCUT2D eigenvalue weighted by atomic mass is 10.2. The van der Waals surface area contributed by atoms with Gasteiger partial charge in [-0.25, -0.2) is 0 Å². The monoisotopic (exact) mass is 298 g/mol. The van der Waals surface area contributed by atoms with Crippen LogP contribution in [0, 0.1) is 0 Å². The van der Waals surface area contributed by atoms with Crippen LogP contribution in [0.25, 0.3) is 0 Å². The number of pyridine rings is 1. The third-order valence-electron chi connectivity index (χ3n) is 3.26. The summed E-state index contributed by atoms with van der Waals surface area (Å²) in [7, 11) is 0. The van der Waals surface area contributed by atoms with E-state index in [0.29, 0.717) is 26.2 Å². The van der Waals surface area contributed by atoms with Gasteiger partial charge in [-0.05, 0) is 36.7 Å². The third kappa shape index (κ3) is 5.18. The number of hydrogen-bond acceptors (Lipinski definition) is 4. The molecule has 5 heteroatoms. The first kappa shape index (κ1) is 16.0. The lowest BCUT2D eigenvalue weighted by molar-refractivity contribution is -0.119. The number of anilines is 1. The molecule has 1 heterocycles. The Kier molecular flexibility index (Phi) is 6.39. The van der Waals surface area contributed by atoms with Crippen molar-refractivity contribution < 1.29 is 4.79 Å². The van der Waals surface area contributed by atoms with Gasteiger partial charge in [0.05, 0.1) is 6.54 Å². The molecular weight excluding hydrogens is 276 g/mol. The van der Waals surface area contributed by atoms with Gasteiger partial charge in [0.1, 0.15) is 0 Å². The number of para-hydroxylation sites is 1. The van der Waals surface area contributed by atoms with Gasteiger partial charge in [-0.2, -0.15) is 0 Å². The molecule has 0 atom stereocenters. The summed E-state index contributed by atoms with van der Waals surface area (Å²) in [6.45, 7) is 2.15. The molecule has 22 heavy (non-hydrogen) atoms. The van der Waals surface area contributed by atoms with Crippen molar-refractivity contribution >= 4 is 11.6 Å². The number of nitrogens with one attached hydrogen (secondary N) is 1. The van der Waals surface area contributed by atoms with Crippen molar-refractivity contribution in [2.45, 2.75) is 13.0 Å². The molecule has 2 rings (SSSR count). The first-order chi connectivity index (χ1) is 10.8. The summed E-state index contributed by atoms with van der Waals surface area (Å²) in [4.78, 5) is 18.2. The van der Waals surface area contributed by atoms with Gasteiger partial charge >= 0.3 is 0 Å². The van der Waals surface area contributed by atoms with Gasteiger partial charge in [0.25, 0.3) is 0 Å². The fourth-order valence-electron chi connectivity index (χ4n) is 2.15. The van der Waals surface area contributed by atoms with Crippen molar-refractivity contribution in [3.63, 3.8) is 0 Å². The molecule has 0 aliphatic carbocycles. The Morgan fingerprint density at radius 3 is 2.68 bits per heavy atom. The Hall–Kier alpha value is -2.40. The van der Waals surface area contributed by atoms with E-state index in [2.05, 4.69) is 10.3 Å². The van der Waals surface area contributed by atoms with E-state index in [9.17, 15) is 4.79 Å². The van der Waals surface area contributed by atoms with E-state index >= 15 is 0 Å². The lowest BCUT2D eigenvalue weighted by Gasteiger charge is -2.24. The van der Waals surface area contributed by atoms with E-state index in [1.165, 1.54) is 0 Å². The number of nitrogens with two attached hydrogens (primary N) is 1. The Balaban J connectivity index is 2.04. The predicted molar refractivity (Wildman–Crippen MR) is 88.4 cm³/mol. The van der Waals surface area contributed by atoms with Crippen molar-refractivity contribution in [1.29, 1.82) is 0 Å². The quantitative estimate of drug-likeness (QED) is 0.725. The molecule has 116 valence electrons. The number of carbonyl (C=O) groups excluding carboxylic acids is 1. The minimum absolute atomic E-state index is 0.00110. The van der Waals surface area contributed by atoms with Crippen LogP contribution in [0.4, 0.5) is 5.69 Å². The standard InChI is InChI=1S/C17H22N4O/c18-9-5-11-20-17(22)14-21(16-7-2-1-3-8-16)13-15-6-4-10-19-12-15/h1-4,6-8,10,12H,5,9,11,13-14,18H2,(H,20,22). The Bertz CT molecular complexity index is 559. The molecule has 0 saturated carbocycles. The van der Waals surface area contributed by atoms with Crippen molar-refractivity contribution in [2.24, 2.45) is 5.73 Å². The normalized spacial score (nSPS) is 10.2. The van der Waals surface area contributed by atoms with E-state index in [1.807, 2.05) is 53.6 Å². The molecule has 1 amide bonds. The van der Waals surface area contributed by atoms with Crippen LogP contribution in [0.1, 0.15) is 12.0 Å². The van der Waals surface area contributed by atoms with Crippen LogP contribution in [-0.4, -0.2) is 30.5 Å². The molecule has 0 unspecified atom stereocenters. The van der Waals surface area contributed by atoms with Crippen molar-refractivity contribution in [3.8, 4) is 0 Å². The molecule has 0 fully saturated rings. The number of benzene rings is 1. The molecule has 5 nitrogen and oxygen atoms in total. The van der Waals surface area contributed by atoms with Crippen LogP contribution >= 0.6 is 0 Å². The zero-order chi connectivity index (χ0) is 15.6. The molecule has 2 aromatic rings. The summed E-state index contributed by atoms with van der Waals surface area (Å²) >= 11 is 0. The molecule has 0 bridgehead atoms. The molecule has 1 aromatic carbocycles. The molecule has 3 N–H and O–H groups in total. The summed E-state index contributed by atoms with van der Waals surface area (Å²) in [5.41, 5.74) is 7.53. The molecule has 1 aromatic heterocycles. The maximum atomic E-state index is 12.1. The number of amides is 1. The Morgan fingerprint density at radius 2 is 2.00 bits per heavy atom. The first-order valence-corrected chi connectivity index (χ1v) is 7.45. The maximum absolute atomic E-state index is 12.1. The van der Waals surface area contributed by atoms with Crippen LogP contribution < -0.4 is 16.0 Å². The van der Waals surface area contributed by atoms with Crippen LogP contribution in [-0.2, 0) is 11.3 Å². The van der Waals surface area contributed by atoms with Gasteiger partial charge in [-0.3, -0.25) is 9.78 Å². The number of nitrogens with zero attached hydrogens (tertiary/aromatic N) is 2. The second-order valence-corrected chi connectivity index (χ2v) is 5.05. The maximum Gasteiger partial charge on any atom is 0.239 e. The first-order valence-electron chi connectivity index (χ1n) is 7.45. The molecule has 0 aliphatic heterocycles. The zero-order valence-corrected chi connectivity index (χ0v) is 12.6. The highest BCUT2D eigenvalue weighted by atomic mass is 16.2. The average molecular weight is 298 g/mol. The van der Waals surface area contributed by atoms with Crippen LogP contribution in [0.5, 0.6) is 0 Å². The number of rotatable bonds is 8. The van der Waals surface area contributed by atoms with Gasteiger partial charge < -0.3 is 16.0 Å². The smallest absolute Gasteiger partial charge is 0.239 e. The van der Waals surface area contributed by atoms with Gasteiger partial charge in [-0.1, -0.05) is 24.3 Å². The van der Waals surface area contributed by atoms with E-state index in [0.717, 1.165) is 17.7 Å². The van der Waals surface area contributed by atoms with Gasteiger partial charge in [0.15, 0.2) is 0 Å². The highest BCUT2D eigenvalue weighted by Crippen LogP contribution is 2.16. The van der Waals surface area contributed by atoms with Crippen LogP contribution in [0.3, 0.4) is 0 Å². The summed E-state index contributed by atoms with van der Waals surface area (Å²) in [5, 5.41) is 2.89. The van der Waals surface area contributed by atoms with Gasteiger partial charge in [0, 0.05) is 31.2 Å². The van der Waals surface area contributed by atoms with Crippen LogP contribution in [0.15, 0.2) is 54.9 Å². The minimum atomic E-state index is 0.00110. The lowest BCUT2D eigenvalue weighted by Crippen LogP contribution is -2.37. The summed E-state index contributed by atoms with van der Waals surface area (Å²) in [6, 6.07) is 13.8. The van der Waals surface area contributed by atoms with Crippen LogP contribution in [0.2, 0.25) is 0 Å². The van der Waals surface area contributed by atoms with E-state index in [-0.39, 0.29) is 5.91 Å². The van der Waals surface area contributed by atoms with Crippen molar-refractivity contribution in [3.05, 3.63) is 60.4 Å². The molecule has 0 aliphatic rings. The second-order valence-electron chi connectivity index (χ2n) is 5.05. The van der Waals surface area contributed by atoms with E-state index in [1.54, 1.807) is 6.20 Å². The van der Waals surface area contributed by atoms with E-state index in [4.69, 9.17) is 5.73 Å². The highest BCUT2D eigenvalue weighted by Gasteiger charge is 2.12. The van der Waals surface area contributed by atoms with Crippen molar-refractivity contribution in [2.75, 3.05) is 24.5 Å². The zero-order valence-electron chi connectivity index (χ0n) is 12.6. The summed E-state index contributed by atoms with van der Waals surface area (Å²) in [6.07, 6.45) is 4.36. The molecule has 0 spiro atoms. The number of carbonyl (C=O) groups is 1. The fourth-order valence-corrected chi connectivity index (χ4v) is 2.15. The summed E-state index contributed by atoms with van der Waals surface area (Å²) in [5.74, 6) is 0.00110. The fraction of sp³-hybridized carbons (Fsp3) is 0.294. The van der Waals surface area contributed by atoms with Crippen molar-refractivity contribution in [1.82, 2.24) is 10.3 Å². The summed E-state index contributed by atoms with van der Waals surface area (Å²) < 4.78 is 0. The molecular formula is C17H22N4O. The van der Waals surface area contributed by atoms with Gasteiger partial charge in [0.2, 0.25) is 5.91 Å². The second kappa shape index (κ2) is 8.79. The van der Waals surface area contributed by atoms with Gasteiger partial charge in [-0.15, -0.1) is 0 Å². The largest absolute Gasteiger partial charge is 0.358 e.